The Morgan fingerprint density at radius 2 is 1.78 bits per heavy atom. The molecule has 3 rings (SSSR count). The van der Waals surface area contributed by atoms with Crippen molar-refractivity contribution in [3.05, 3.63) is 30.0 Å². The number of hydrogen-bond acceptors (Lipinski definition) is 10. The number of aryl methyl sites for hydroxylation is 1. The lowest BCUT2D eigenvalue weighted by Crippen LogP contribution is -2.57. The van der Waals surface area contributed by atoms with Gasteiger partial charge in [0.1, 0.15) is 18.5 Å². The van der Waals surface area contributed by atoms with Crippen LogP contribution in [0.15, 0.2) is 29.3 Å². The van der Waals surface area contributed by atoms with Crippen molar-refractivity contribution in [2.24, 2.45) is 5.73 Å². The third kappa shape index (κ3) is 7.86. The molecule has 2 aromatic rings. The Morgan fingerprint density at radius 3 is 2.35 bits per heavy atom. The van der Waals surface area contributed by atoms with Gasteiger partial charge in [-0.15, -0.1) is 5.10 Å². The van der Waals surface area contributed by atoms with Crippen LogP contribution in [-0.2, 0) is 37.3 Å². The SMILES string of the molecule is CCn1cc(S(=O)(=O)N2C[C@H](CCC(=O)C(C)(N)C(F)(F)F)Oc3ccc(CC(=O)OC(C)(C)C(F)(F)F)cc32)c(OCCO)n1. The quantitative estimate of drug-likeness (QED) is 0.236. The van der Waals surface area contributed by atoms with Crippen molar-refractivity contribution >= 4 is 27.5 Å². The average molecular weight is 689 g/mol. The number of fused-ring (bicyclic) bond motifs is 1. The van der Waals surface area contributed by atoms with E-state index in [0.29, 0.717) is 20.8 Å². The molecule has 2 atom stereocenters. The van der Waals surface area contributed by atoms with Crippen LogP contribution in [0.2, 0.25) is 0 Å². The van der Waals surface area contributed by atoms with E-state index in [1.54, 1.807) is 6.92 Å². The molecule has 1 aliphatic heterocycles. The number of ketones is 1. The predicted molar refractivity (Wildman–Crippen MR) is 149 cm³/mol. The van der Waals surface area contributed by atoms with E-state index in [2.05, 4.69) is 9.84 Å². The van der Waals surface area contributed by atoms with Crippen LogP contribution < -0.4 is 19.5 Å². The minimum Gasteiger partial charge on any atom is -0.486 e. The summed E-state index contributed by atoms with van der Waals surface area (Å²) in [7, 11) is -4.63. The molecule has 19 heteroatoms. The molecule has 0 saturated carbocycles. The maximum absolute atomic E-state index is 14.1. The van der Waals surface area contributed by atoms with E-state index >= 15 is 0 Å². The molecule has 0 saturated heterocycles. The molecule has 12 nitrogen and oxygen atoms in total. The first kappa shape index (κ1) is 36.9. The van der Waals surface area contributed by atoms with Gasteiger partial charge < -0.3 is 25.1 Å². The number of aromatic nitrogens is 2. The molecule has 2 heterocycles. The molecule has 1 aliphatic rings. The number of hydrogen-bond donors (Lipinski definition) is 2. The van der Waals surface area contributed by atoms with Crippen LogP contribution in [0, 0.1) is 0 Å². The minimum atomic E-state index is -5.04. The highest BCUT2D eigenvalue weighted by Gasteiger charge is 2.53. The van der Waals surface area contributed by atoms with Crippen molar-refractivity contribution in [1.29, 1.82) is 0 Å². The van der Waals surface area contributed by atoms with Crippen LogP contribution in [0.1, 0.15) is 46.1 Å². The lowest BCUT2D eigenvalue weighted by Gasteiger charge is -2.36. The summed E-state index contributed by atoms with van der Waals surface area (Å²) in [5.41, 5.74) is -0.863. The van der Waals surface area contributed by atoms with Crippen molar-refractivity contribution in [2.45, 2.75) is 88.0 Å². The number of carbonyl (C=O) groups is 2. The Morgan fingerprint density at radius 1 is 1.13 bits per heavy atom. The highest BCUT2D eigenvalue weighted by Crippen LogP contribution is 2.41. The highest BCUT2D eigenvalue weighted by molar-refractivity contribution is 7.93. The number of anilines is 1. The van der Waals surface area contributed by atoms with Crippen LogP contribution in [0.4, 0.5) is 32.0 Å². The number of aliphatic hydroxyl groups excluding tert-OH is 1. The maximum Gasteiger partial charge on any atom is 0.427 e. The average Bonchev–Trinajstić information content (AvgIpc) is 3.37. The lowest BCUT2D eigenvalue weighted by atomic mass is 9.92. The topological polar surface area (TPSA) is 163 Å². The van der Waals surface area contributed by atoms with Crippen LogP contribution in [0.25, 0.3) is 0 Å². The van der Waals surface area contributed by atoms with Crippen LogP contribution >= 0.6 is 0 Å². The number of rotatable bonds is 13. The van der Waals surface area contributed by atoms with E-state index in [9.17, 15) is 49.5 Å². The monoisotopic (exact) mass is 688 g/mol. The molecular weight excluding hydrogens is 654 g/mol. The summed E-state index contributed by atoms with van der Waals surface area (Å²) >= 11 is 0. The van der Waals surface area contributed by atoms with E-state index in [1.807, 2.05) is 0 Å². The van der Waals surface area contributed by atoms with Gasteiger partial charge in [0.15, 0.2) is 16.2 Å². The summed E-state index contributed by atoms with van der Waals surface area (Å²) in [6.45, 7) is 2.40. The normalized spacial score (nSPS) is 17.1. The van der Waals surface area contributed by atoms with Gasteiger partial charge in [-0.1, -0.05) is 6.07 Å². The fourth-order valence-corrected chi connectivity index (χ4v) is 5.76. The Labute approximate surface area is 260 Å². The largest absolute Gasteiger partial charge is 0.486 e. The van der Waals surface area contributed by atoms with Gasteiger partial charge in [0.2, 0.25) is 5.60 Å². The van der Waals surface area contributed by atoms with E-state index in [1.165, 1.54) is 22.9 Å². The second kappa shape index (κ2) is 13.3. The van der Waals surface area contributed by atoms with Gasteiger partial charge in [0, 0.05) is 19.2 Å². The number of esters is 1. The molecule has 0 spiro atoms. The molecule has 258 valence electrons. The van der Waals surface area contributed by atoms with Crippen LogP contribution in [0.5, 0.6) is 11.6 Å². The maximum atomic E-state index is 14.1. The van der Waals surface area contributed by atoms with Crippen molar-refractivity contribution in [1.82, 2.24) is 9.78 Å². The Bertz CT molecular complexity index is 1540. The Hall–Kier alpha value is -3.58. The smallest absolute Gasteiger partial charge is 0.427 e. The molecule has 1 unspecified atom stereocenters. The van der Waals surface area contributed by atoms with Crippen LogP contribution in [0.3, 0.4) is 0 Å². The third-order valence-electron chi connectivity index (χ3n) is 7.14. The molecule has 46 heavy (non-hydrogen) atoms. The zero-order chi connectivity index (χ0) is 34.9. The van der Waals surface area contributed by atoms with E-state index in [-0.39, 0.29) is 42.5 Å². The number of carbonyl (C=O) groups excluding carboxylic acids is 2. The summed E-state index contributed by atoms with van der Waals surface area (Å²) in [6.07, 6.45) is -11.7. The molecule has 1 aromatic heterocycles. The van der Waals surface area contributed by atoms with Gasteiger partial charge in [0.05, 0.1) is 25.3 Å². The molecule has 0 bridgehead atoms. The zero-order valence-corrected chi connectivity index (χ0v) is 26.1. The van der Waals surface area contributed by atoms with Gasteiger partial charge in [0.25, 0.3) is 15.9 Å². The molecule has 0 aliphatic carbocycles. The molecular formula is C27H34F6N4O8S. The first-order chi connectivity index (χ1) is 21.0. The summed E-state index contributed by atoms with van der Waals surface area (Å²) in [6, 6.07) is 3.67. The molecule has 1 aromatic carbocycles. The second-order valence-corrected chi connectivity index (χ2v) is 13.0. The fraction of sp³-hybridized carbons (Fsp3) is 0.593. The summed E-state index contributed by atoms with van der Waals surface area (Å²) < 4.78 is 126. The van der Waals surface area contributed by atoms with Gasteiger partial charge in [-0.25, -0.2) is 8.42 Å². The van der Waals surface area contributed by atoms with Gasteiger partial charge >= 0.3 is 18.3 Å². The van der Waals surface area contributed by atoms with Crippen molar-refractivity contribution in [2.75, 3.05) is 24.1 Å². The van der Waals surface area contributed by atoms with Gasteiger partial charge in [-0.05, 0) is 51.8 Å². The second-order valence-electron chi connectivity index (χ2n) is 11.1. The number of sulfonamides is 1. The number of aliphatic hydroxyl groups is 1. The number of nitrogens with zero attached hydrogens (tertiary/aromatic N) is 3. The van der Waals surface area contributed by atoms with Crippen molar-refractivity contribution in [3.8, 4) is 11.6 Å². The standard InChI is InChI=1S/C27H34F6N4O8S/c1-5-36-15-20(23(35-36)43-11-10-38)46(41,42)37-14-17(7-9-21(39)25(4,34)27(31,32)33)44-19-8-6-16(12-18(19)37)13-22(40)45-24(2,3)26(28,29)30/h6,8,12,15,17,38H,5,7,9-11,13-14,34H2,1-4H3/t17-,25?/m0/s1. The van der Waals surface area contributed by atoms with Gasteiger partial charge in [-0.2, -0.15) is 26.3 Å². The fourth-order valence-electron chi connectivity index (χ4n) is 4.19. The minimum absolute atomic E-state index is 0.0456. The summed E-state index contributed by atoms with van der Waals surface area (Å²) in [4.78, 5) is 24.4. The third-order valence-corrected chi connectivity index (χ3v) is 8.90. The summed E-state index contributed by atoms with van der Waals surface area (Å²) in [5.74, 6) is -3.10. The number of Topliss-reactive ketones (excluding diaryl/α,β-unsaturated/α-hetero) is 1. The predicted octanol–water partition coefficient (Wildman–Crippen LogP) is 3.29. The number of halogens is 6. The Kier molecular flexibility index (Phi) is 10.6. The number of nitrogens with two attached hydrogens (primary N) is 1. The molecule has 0 amide bonds. The molecule has 0 fully saturated rings. The first-order valence-corrected chi connectivity index (χ1v) is 15.3. The molecule has 3 N–H and O–H groups in total. The van der Waals surface area contributed by atoms with E-state index < -0.39 is 82.3 Å². The number of alkyl halides is 6. The Balaban J connectivity index is 2.02. The summed E-state index contributed by atoms with van der Waals surface area (Å²) in [5, 5.41) is 13.2. The zero-order valence-electron chi connectivity index (χ0n) is 25.2. The van der Waals surface area contributed by atoms with E-state index in [4.69, 9.17) is 15.2 Å². The van der Waals surface area contributed by atoms with Gasteiger partial charge in [-0.3, -0.25) is 18.6 Å². The van der Waals surface area contributed by atoms with Crippen LogP contribution in [-0.4, -0.2) is 84.4 Å². The first-order valence-electron chi connectivity index (χ1n) is 13.9. The number of benzene rings is 1. The van der Waals surface area contributed by atoms with E-state index in [0.717, 1.165) is 10.5 Å². The lowest BCUT2D eigenvalue weighted by molar-refractivity contribution is -0.257. The highest BCUT2D eigenvalue weighted by atomic mass is 32.2. The van der Waals surface area contributed by atoms with Crippen molar-refractivity contribution < 1.29 is 63.7 Å². The molecule has 0 radical (unpaired) electrons. The van der Waals surface area contributed by atoms with Crippen molar-refractivity contribution in [3.63, 3.8) is 0 Å². The number of ether oxygens (including phenoxy) is 3.